The molecule has 4 aliphatic carbocycles. The summed E-state index contributed by atoms with van der Waals surface area (Å²) in [6.07, 6.45) is 14.5. The van der Waals surface area contributed by atoms with E-state index in [0.29, 0.717) is 10.8 Å². The normalized spacial score (nSPS) is 61.1. The second-order valence-corrected chi connectivity index (χ2v) is 13.0. The molecule has 0 amide bonds. The van der Waals surface area contributed by atoms with Crippen molar-refractivity contribution >= 4 is 0 Å². The predicted octanol–water partition coefficient (Wildman–Crippen LogP) is 4.24. The van der Waals surface area contributed by atoms with Crippen LogP contribution in [0.5, 0.6) is 0 Å². The first-order valence-corrected chi connectivity index (χ1v) is 13.1. The lowest BCUT2D eigenvalue weighted by Crippen LogP contribution is -3.18. The Kier molecular flexibility index (Phi) is 4.23. The molecule has 0 aromatic heterocycles. The molecule has 6 rings (SSSR count). The van der Waals surface area contributed by atoms with Gasteiger partial charge >= 0.3 is 0 Å². The van der Waals surface area contributed by atoms with Gasteiger partial charge in [-0.3, -0.25) is 0 Å². The minimum Gasteiger partial charge on any atom is -0.393 e. The van der Waals surface area contributed by atoms with Crippen molar-refractivity contribution in [1.29, 1.82) is 0 Å². The van der Waals surface area contributed by atoms with E-state index in [2.05, 4.69) is 33.8 Å². The zero-order valence-electron chi connectivity index (χ0n) is 19.3. The van der Waals surface area contributed by atoms with Crippen LogP contribution in [-0.2, 0) is 0 Å². The Morgan fingerprint density at radius 1 is 1.00 bits per heavy atom. The lowest BCUT2D eigenvalue weighted by molar-refractivity contribution is -0.946. The fourth-order valence-electron chi connectivity index (χ4n) is 10.7. The van der Waals surface area contributed by atoms with Crippen LogP contribution in [0.2, 0.25) is 0 Å². The topological polar surface area (TPSA) is 24.7 Å². The van der Waals surface area contributed by atoms with Crippen LogP contribution in [0.25, 0.3) is 0 Å². The van der Waals surface area contributed by atoms with Gasteiger partial charge in [0.1, 0.15) is 0 Å². The highest BCUT2D eigenvalue weighted by Crippen LogP contribution is 2.67. The summed E-state index contributed by atoms with van der Waals surface area (Å²) in [4.78, 5) is 2.03. The first-order valence-electron chi connectivity index (χ1n) is 13.1. The molecular formula is C27H44NO+. The van der Waals surface area contributed by atoms with Gasteiger partial charge in [0, 0.05) is 30.6 Å². The molecule has 2 aliphatic heterocycles. The van der Waals surface area contributed by atoms with Crippen LogP contribution in [0, 0.1) is 46.3 Å². The van der Waals surface area contributed by atoms with E-state index in [1.165, 1.54) is 51.5 Å². The molecule has 162 valence electrons. The lowest BCUT2D eigenvalue weighted by atomic mass is 9.47. The Morgan fingerprint density at radius 3 is 2.66 bits per heavy atom. The first kappa shape index (κ1) is 19.4. The van der Waals surface area contributed by atoms with Crippen LogP contribution in [0.1, 0.15) is 85.5 Å². The number of hydrogen-bond acceptors (Lipinski definition) is 1. The van der Waals surface area contributed by atoms with E-state index in [0.717, 1.165) is 60.4 Å². The molecule has 2 N–H and O–H groups in total. The third kappa shape index (κ3) is 2.48. The zero-order chi connectivity index (χ0) is 20.1. The molecule has 2 heteroatoms. The SMILES string of the molecule is CC1C2[C@H](C[C@H]3[C@@H]4CC=C5C[C@@H](O)CC[C@]5(C)[C@H]4CCC23C)[NH+]2C[C@@H](C)CC[C@H]12. The van der Waals surface area contributed by atoms with Crippen LogP contribution >= 0.6 is 0 Å². The van der Waals surface area contributed by atoms with Gasteiger partial charge in [-0.15, -0.1) is 0 Å². The van der Waals surface area contributed by atoms with Crippen LogP contribution in [0.3, 0.4) is 0 Å². The van der Waals surface area contributed by atoms with Gasteiger partial charge in [-0.1, -0.05) is 39.3 Å². The summed E-state index contributed by atoms with van der Waals surface area (Å²) in [7, 11) is 0. The number of rotatable bonds is 0. The molecule has 29 heavy (non-hydrogen) atoms. The van der Waals surface area contributed by atoms with Crippen molar-refractivity contribution in [1.82, 2.24) is 0 Å². The van der Waals surface area contributed by atoms with Crippen molar-refractivity contribution in [3.63, 3.8) is 0 Å². The standard InChI is InChI=1S/C27H43NO/c1-16-5-8-23-17(2)25-24(28(23)15-16)14-22-20-7-6-18-13-19(29)9-11-26(18,3)21(20)10-12-27(22,25)4/h6,16-17,19-25,29H,5,7-15H2,1-4H3/p+1/t16-,17?,19-,20+,21-,22-,23+,24-,25?,26-,27?/m0/s1. The summed E-state index contributed by atoms with van der Waals surface area (Å²) in [5, 5.41) is 10.3. The van der Waals surface area contributed by atoms with E-state index in [-0.39, 0.29) is 6.10 Å². The summed E-state index contributed by atoms with van der Waals surface area (Å²) < 4.78 is 0. The predicted molar refractivity (Wildman–Crippen MR) is 118 cm³/mol. The monoisotopic (exact) mass is 398 g/mol. The molecule has 0 aromatic rings. The summed E-state index contributed by atoms with van der Waals surface area (Å²) >= 11 is 0. The average Bonchev–Trinajstić information content (AvgIpc) is 3.15. The van der Waals surface area contributed by atoms with Gasteiger partial charge in [-0.25, -0.2) is 0 Å². The fourth-order valence-corrected chi connectivity index (χ4v) is 10.7. The maximum atomic E-state index is 10.3. The maximum absolute atomic E-state index is 10.3. The van der Waals surface area contributed by atoms with Gasteiger partial charge < -0.3 is 10.0 Å². The number of allylic oxidation sites excluding steroid dienone is 1. The molecule has 2 heterocycles. The van der Waals surface area contributed by atoms with E-state index in [9.17, 15) is 5.11 Å². The molecule has 0 aromatic carbocycles. The molecule has 0 bridgehead atoms. The maximum Gasteiger partial charge on any atom is 0.0918 e. The van der Waals surface area contributed by atoms with Gasteiger partial charge in [0.15, 0.2) is 0 Å². The number of hydrogen-bond donors (Lipinski definition) is 2. The van der Waals surface area contributed by atoms with Crippen LogP contribution in [0.4, 0.5) is 0 Å². The molecule has 4 unspecified atom stereocenters. The quantitative estimate of drug-likeness (QED) is 0.586. The minimum atomic E-state index is -0.0759. The summed E-state index contributed by atoms with van der Waals surface area (Å²) in [6, 6.07) is 1.92. The van der Waals surface area contributed by atoms with E-state index >= 15 is 0 Å². The Morgan fingerprint density at radius 2 is 1.83 bits per heavy atom. The number of quaternary nitrogens is 1. The summed E-state index contributed by atoms with van der Waals surface area (Å²) in [5.41, 5.74) is 2.61. The van der Waals surface area contributed by atoms with Crippen molar-refractivity contribution in [2.24, 2.45) is 46.3 Å². The van der Waals surface area contributed by atoms with Crippen LogP contribution < -0.4 is 4.90 Å². The Balaban J connectivity index is 1.33. The largest absolute Gasteiger partial charge is 0.393 e. The number of fused-ring (bicyclic) bond motifs is 9. The molecule has 2 nitrogen and oxygen atoms in total. The zero-order valence-corrected chi connectivity index (χ0v) is 19.3. The fraction of sp³-hybridized carbons (Fsp3) is 0.926. The van der Waals surface area contributed by atoms with E-state index in [1.807, 2.05) is 4.90 Å². The van der Waals surface area contributed by atoms with Gasteiger partial charge in [-0.05, 0) is 73.5 Å². The second kappa shape index (κ2) is 6.35. The average molecular weight is 399 g/mol. The van der Waals surface area contributed by atoms with E-state index < -0.39 is 0 Å². The third-order valence-corrected chi connectivity index (χ3v) is 11.9. The Bertz CT molecular complexity index is 715. The molecular weight excluding hydrogens is 354 g/mol. The highest BCUT2D eigenvalue weighted by atomic mass is 16.3. The lowest BCUT2D eigenvalue weighted by Gasteiger charge is -2.58. The molecule has 0 radical (unpaired) electrons. The van der Waals surface area contributed by atoms with Crippen LogP contribution in [0.15, 0.2) is 11.6 Å². The second-order valence-electron chi connectivity index (χ2n) is 13.0. The van der Waals surface area contributed by atoms with Crippen molar-refractivity contribution in [2.45, 2.75) is 104 Å². The van der Waals surface area contributed by atoms with Crippen molar-refractivity contribution in [3.05, 3.63) is 11.6 Å². The molecule has 3 saturated carbocycles. The van der Waals surface area contributed by atoms with E-state index in [4.69, 9.17) is 0 Å². The minimum absolute atomic E-state index is 0.0759. The highest BCUT2D eigenvalue weighted by molar-refractivity contribution is 5.26. The highest BCUT2D eigenvalue weighted by Gasteiger charge is 2.68. The number of aliphatic hydroxyl groups excluding tert-OH is 1. The summed E-state index contributed by atoms with van der Waals surface area (Å²) in [5.74, 6) is 5.59. The smallest absolute Gasteiger partial charge is 0.0918 e. The molecule has 6 aliphatic rings. The molecule has 0 spiro atoms. The molecule has 12 atom stereocenters. The van der Waals surface area contributed by atoms with Crippen LogP contribution in [-0.4, -0.2) is 29.8 Å². The summed E-state index contributed by atoms with van der Waals surface area (Å²) in [6.45, 7) is 11.9. The number of piperidine rings is 1. The van der Waals surface area contributed by atoms with Crippen molar-refractivity contribution < 1.29 is 10.0 Å². The Hall–Kier alpha value is -0.340. The number of aliphatic hydroxyl groups is 1. The van der Waals surface area contributed by atoms with Gasteiger partial charge in [0.05, 0.1) is 24.7 Å². The molecule has 2 saturated heterocycles. The van der Waals surface area contributed by atoms with Gasteiger partial charge in [-0.2, -0.15) is 0 Å². The van der Waals surface area contributed by atoms with Gasteiger partial charge in [0.25, 0.3) is 0 Å². The van der Waals surface area contributed by atoms with Gasteiger partial charge in [0.2, 0.25) is 0 Å². The van der Waals surface area contributed by atoms with Crippen molar-refractivity contribution in [2.75, 3.05) is 6.54 Å². The van der Waals surface area contributed by atoms with Crippen molar-refractivity contribution in [3.8, 4) is 0 Å². The first-order chi connectivity index (χ1) is 13.8. The molecule has 5 fully saturated rings. The Labute approximate surface area is 178 Å². The third-order valence-electron chi connectivity index (χ3n) is 11.9. The number of nitrogens with one attached hydrogen (secondary N) is 1. The van der Waals surface area contributed by atoms with E-state index in [1.54, 1.807) is 5.57 Å².